The topological polar surface area (TPSA) is 246 Å². The molecule has 286 valence electrons. The van der Waals surface area contributed by atoms with E-state index in [9.17, 15) is 50.4 Å². The van der Waals surface area contributed by atoms with Crippen molar-refractivity contribution >= 4 is 6.29 Å². The molecule has 0 amide bonds. The minimum absolute atomic E-state index is 0.0294. The molecule has 8 N–H and O–H groups in total. The first-order valence-corrected chi connectivity index (χ1v) is 18.3. The lowest BCUT2D eigenvalue weighted by atomic mass is 9.41. The molecule has 6 aliphatic rings. The van der Waals surface area contributed by atoms with Crippen molar-refractivity contribution in [2.45, 2.75) is 156 Å². The number of aldehydes is 1. The average molecular weight is 725 g/mol. The van der Waals surface area contributed by atoms with E-state index in [1.807, 2.05) is 0 Å². The van der Waals surface area contributed by atoms with Crippen LogP contribution in [0.1, 0.15) is 83.1 Å². The molecule has 18 atom stereocenters. The summed E-state index contributed by atoms with van der Waals surface area (Å²) in [4.78, 5) is 24.8. The molecule has 0 spiro atoms. The van der Waals surface area contributed by atoms with Crippen molar-refractivity contribution in [3.05, 3.63) is 34.4 Å². The summed E-state index contributed by atoms with van der Waals surface area (Å²) in [5.41, 5.74) is -3.79. The maximum atomic E-state index is 13.2. The van der Waals surface area contributed by atoms with Gasteiger partial charge in [-0.2, -0.15) is 0 Å². The van der Waals surface area contributed by atoms with Gasteiger partial charge in [0.2, 0.25) is 0 Å². The standard InChI is InChI=1S/C36H52O15/c1-17-25(40)26(41)28(43)31(48-17)51-30-23(14-37)50-32(29(44)27(30)42)49-19-5-10-34(16-38)21-6-9-33(2)20(18-3-4-24(39)47-15-18)8-12-36(33,46)22(21)7-11-35(34,45)13-19/h3-4,15-17,19-23,25-32,37,40-46H,5-14H2,1-2H3/t17-,19+,20+,21?,22?,23+,25+,26+,27+,28-,29+,30+,31+,32?,33-,34+,35+,36+/m1/s1. The Morgan fingerprint density at radius 1 is 0.843 bits per heavy atom. The molecule has 0 radical (unpaired) electrons. The lowest BCUT2D eigenvalue weighted by Gasteiger charge is -2.65. The van der Waals surface area contributed by atoms with Crippen molar-refractivity contribution in [2.24, 2.45) is 22.7 Å². The van der Waals surface area contributed by atoms with E-state index in [2.05, 4.69) is 6.92 Å². The van der Waals surface area contributed by atoms with Crippen LogP contribution in [0.4, 0.5) is 0 Å². The summed E-state index contributed by atoms with van der Waals surface area (Å²) >= 11 is 0. The van der Waals surface area contributed by atoms with E-state index in [0.717, 1.165) is 11.8 Å². The van der Waals surface area contributed by atoms with Gasteiger partial charge in [0.15, 0.2) is 12.6 Å². The Labute approximate surface area is 295 Å². The maximum absolute atomic E-state index is 13.2. The first kappa shape index (κ1) is 37.5. The molecule has 6 fully saturated rings. The fraction of sp³-hybridized carbons (Fsp3) is 0.833. The van der Waals surface area contributed by atoms with E-state index in [1.165, 1.54) is 19.3 Å². The third-order valence-corrected chi connectivity index (χ3v) is 14.1. The van der Waals surface area contributed by atoms with E-state index >= 15 is 0 Å². The molecule has 3 heterocycles. The number of ether oxygens (including phenoxy) is 4. The van der Waals surface area contributed by atoms with Crippen LogP contribution < -0.4 is 5.63 Å². The molecule has 1 aromatic rings. The second-order valence-electron chi connectivity index (χ2n) is 16.3. The minimum atomic E-state index is -1.69. The fourth-order valence-corrected chi connectivity index (χ4v) is 11.2. The monoisotopic (exact) mass is 724 g/mol. The van der Waals surface area contributed by atoms with Crippen molar-refractivity contribution in [1.82, 2.24) is 0 Å². The molecule has 15 nitrogen and oxygen atoms in total. The fourth-order valence-electron chi connectivity index (χ4n) is 11.2. The SMILES string of the molecule is C[C@H]1O[C@@H](O[C@@H]2[C@@H](O)[C@H](O)C(O[C@H]3CC[C@]4(C=O)C5CC[C@]6(C)[C@H](c7ccc(=O)oc7)CC[C@]6(O)C5CC[C@]4(O)C3)O[C@H]2CO)[C@H](O)[C@@H](O)[C@H]1O. The number of carbonyl (C=O) groups excluding carboxylic acids is 1. The molecule has 0 aromatic carbocycles. The van der Waals surface area contributed by atoms with Crippen LogP contribution in [0.2, 0.25) is 0 Å². The van der Waals surface area contributed by atoms with Crippen molar-refractivity contribution in [3.8, 4) is 0 Å². The summed E-state index contributed by atoms with van der Waals surface area (Å²) in [6, 6.07) is 3.16. The van der Waals surface area contributed by atoms with Gasteiger partial charge in [0.25, 0.3) is 0 Å². The normalized spacial score (nSPS) is 52.7. The number of hydrogen-bond acceptors (Lipinski definition) is 15. The van der Waals surface area contributed by atoms with Gasteiger partial charge in [-0.3, -0.25) is 0 Å². The molecular formula is C36H52O15. The number of rotatable bonds is 7. The highest BCUT2D eigenvalue weighted by molar-refractivity contribution is 5.64. The maximum Gasteiger partial charge on any atom is 0.335 e. The zero-order valence-electron chi connectivity index (χ0n) is 28.9. The van der Waals surface area contributed by atoms with Crippen LogP contribution in [-0.2, 0) is 23.7 Å². The Morgan fingerprint density at radius 2 is 1.55 bits per heavy atom. The van der Waals surface area contributed by atoms with E-state index in [4.69, 9.17) is 23.4 Å². The van der Waals surface area contributed by atoms with Crippen molar-refractivity contribution in [3.63, 3.8) is 0 Å². The Kier molecular flexibility index (Phi) is 9.89. The third-order valence-electron chi connectivity index (χ3n) is 14.1. The van der Waals surface area contributed by atoms with Crippen molar-refractivity contribution in [2.75, 3.05) is 6.61 Å². The average Bonchev–Trinajstić information content (AvgIpc) is 3.39. The Balaban J connectivity index is 1.04. The van der Waals surface area contributed by atoms with E-state index < -0.39 is 102 Å². The summed E-state index contributed by atoms with van der Waals surface area (Å²) in [5, 5.41) is 87.7. The highest BCUT2D eigenvalue weighted by Crippen LogP contribution is 2.71. The van der Waals surface area contributed by atoms with E-state index in [1.54, 1.807) is 6.07 Å². The molecule has 7 rings (SSSR count). The smallest absolute Gasteiger partial charge is 0.335 e. The van der Waals surface area contributed by atoms with Crippen LogP contribution >= 0.6 is 0 Å². The van der Waals surface area contributed by atoms with Crippen LogP contribution in [-0.4, -0.2) is 132 Å². The highest BCUT2D eigenvalue weighted by Gasteiger charge is 2.71. The lowest BCUT2D eigenvalue weighted by molar-refractivity contribution is -0.363. The van der Waals surface area contributed by atoms with Crippen molar-refractivity contribution < 1.29 is 69.0 Å². The zero-order valence-corrected chi connectivity index (χ0v) is 28.9. The van der Waals surface area contributed by atoms with Gasteiger partial charge in [-0.05, 0) is 87.7 Å². The number of carbonyl (C=O) groups is 1. The van der Waals surface area contributed by atoms with Gasteiger partial charge in [-0.15, -0.1) is 0 Å². The molecule has 0 bridgehead atoms. The van der Waals surface area contributed by atoms with Gasteiger partial charge >= 0.3 is 5.63 Å². The number of aliphatic hydroxyl groups is 8. The summed E-state index contributed by atoms with van der Waals surface area (Å²) in [6.45, 7) is 2.87. The minimum Gasteiger partial charge on any atom is -0.431 e. The Hall–Kier alpha value is -1.86. The quantitative estimate of drug-likeness (QED) is 0.127. The van der Waals surface area contributed by atoms with Gasteiger partial charge in [0.05, 0.1) is 41.7 Å². The molecule has 2 saturated heterocycles. The molecule has 1 aromatic heterocycles. The van der Waals surface area contributed by atoms with Crippen LogP contribution in [0.15, 0.2) is 27.6 Å². The van der Waals surface area contributed by atoms with E-state index in [0.29, 0.717) is 38.5 Å². The van der Waals surface area contributed by atoms with Gasteiger partial charge in [-0.25, -0.2) is 4.79 Å². The van der Waals surface area contributed by atoms with Gasteiger partial charge in [-0.1, -0.05) is 6.92 Å². The molecule has 51 heavy (non-hydrogen) atoms. The predicted molar refractivity (Wildman–Crippen MR) is 173 cm³/mol. The molecule has 4 aliphatic carbocycles. The van der Waals surface area contributed by atoms with Crippen LogP contribution in [0.3, 0.4) is 0 Å². The second kappa shape index (κ2) is 13.5. The summed E-state index contributed by atoms with van der Waals surface area (Å²) in [6.07, 6.45) is -9.09. The Bertz CT molecular complexity index is 1470. The number of aliphatic hydroxyl groups excluding tert-OH is 6. The van der Waals surface area contributed by atoms with Gasteiger partial charge in [0, 0.05) is 17.9 Å². The van der Waals surface area contributed by atoms with Crippen LogP contribution in [0.25, 0.3) is 0 Å². The first-order valence-electron chi connectivity index (χ1n) is 18.3. The number of fused-ring (bicyclic) bond motifs is 5. The molecular weight excluding hydrogens is 672 g/mol. The largest absolute Gasteiger partial charge is 0.431 e. The zero-order chi connectivity index (χ0) is 36.7. The van der Waals surface area contributed by atoms with E-state index in [-0.39, 0.29) is 37.0 Å². The summed E-state index contributed by atoms with van der Waals surface area (Å²) in [7, 11) is 0. The molecule has 2 aliphatic heterocycles. The molecule has 3 unspecified atom stereocenters. The highest BCUT2D eigenvalue weighted by atomic mass is 16.7. The van der Waals surface area contributed by atoms with Crippen LogP contribution in [0.5, 0.6) is 0 Å². The third kappa shape index (κ3) is 5.70. The summed E-state index contributed by atoms with van der Waals surface area (Å²) in [5.74, 6) is -0.548. The van der Waals surface area contributed by atoms with Gasteiger partial charge in [0.1, 0.15) is 49.0 Å². The molecule has 4 saturated carbocycles. The Morgan fingerprint density at radius 3 is 2.24 bits per heavy atom. The first-order chi connectivity index (χ1) is 24.1. The lowest BCUT2D eigenvalue weighted by Crippen LogP contribution is -2.69. The van der Waals surface area contributed by atoms with Gasteiger partial charge < -0.3 is 69.0 Å². The van der Waals surface area contributed by atoms with Crippen LogP contribution in [0, 0.1) is 22.7 Å². The summed E-state index contributed by atoms with van der Waals surface area (Å²) < 4.78 is 28.3. The number of hydrogen-bond donors (Lipinski definition) is 8. The predicted octanol–water partition coefficient (Wildman–Crippen LogP) is -0.788. The molecule has 15 heteroatoms. The van der Waals surface area contributed by atoms with Crippen molar-refractivity contribution in [1.29, 1.82) is 0 Å². The second-order valence-corrected chi connectivity index (χ2v) is 16.3.